The van der Waals surface area contributed by atoms with E-state index in [0.29, 0.717) is 0 Å². The molecule has 4 rings (SSSR count). The summed E-state index contributed by atoms with van der Waals surface area (Å²) in [5.41, 5.74) is 3.80. The average molecular weight is 257 g/mol. The third kappa shape index (κ3) is 1.64. The number of aromatic nitrogens is 1. The molecule has 0 N–H and O–H groups in total. The van der Waals surface area contributed by atoms with Crippen LogP contribution in [0.2, 0.25) is 0 Å². The van der Waals surface area contributed by atoms with Crippen LogP contribution in [-0.4, -0.2) is 4.57 Å². The molecule has 0 fully saturated rings. The Balaban J connectivity index is 2.05. The second kappa shape index (κ2) is 4.24. The van der Waals surface area contributed by atoms with Crippen molar-refractivity contribution in [2.75, 3.05) is 0 Å². The predicted molar refractivity (Wildman–Crippen MR) is 85.9 cm³/mol. The maximum Gasteiger partial charge on any atom is 0.0489 e. The number of hydrogen-bond donors (Lipinski definition) is 0. The average Bonchev–Trinajstić information content (AvgIpc) is 2.83. The van der Waals surface area contributed by atoms with Gasteiger partial charge in [-0.15, -0.1) is 0 Å². The molecule has 0 radical (unpaired) electrons. The lowest BCUT2D eigenvalue weighted by Crippen LogP contribution is -1.90. The first-order valence-corrected chi connectivity index (χ1v) is 6.86. The summed E-state index contributed by atoms with van der Waals surface area (Å²) in [6, 6.07) is 25.9. The third-order valence-corrected chi connectivity index (χ3v) is 3.98. The van der Waals surface area contributed by atoms with Crippen LogP contribution in [0.3, 0.4) is 0 Å². The van der Waals surface area contributed by atoms with Gasteiger partial charge in [0.25, 0.3) is 0 Å². The topological polar surface area (TPSA) is 4.93 Å². The molecule has 0 unspecified atom stereocenters. The minimum atomic E-state index is 1.26. The van der Waals surface area contributed by atoms with Gasteiger partial charge in [0.05, 0.1) is 0 Å². The number of hydrogen-bond acceptors (Lipinski definition) is 0. The lowest BCUT2D eigenvalue weighted by molar-refractivity contribution is 0.979. The highest BCUT2D eigenvalue weighted by Crippen LogP contribution is 2.30. The van der Waals surface area contributed by atoms with Crippen molar-refractivity contribution >= 4 is 21.7 Å². The van der Waals surface area contributed by atoms with E-state index in [1.807, 2.05) is 0 Å². The fourth-order valence-electron chi connectivity index (χ4n) is 2.91. The minimum Gasteiger partial charge on any atom is -0.344 e. The maximum atomic E-state index is 2.27. The number of fused-ring (bicyclic) bond motifs is 2. The summed E-state index contributed by atoms with van der Waals surface area (Å²) in [5, 5.41) is 3.89. The van der Waals surface area contributed by atoms with Crippen molar-refractivity contribution in [3.63, 3.8) is 0 Å². The first-order chi connectivity index (χ1) is 9.83. The van der Waals surface area contributed by atoms with E-state index in [9.17, 15) is 0 Å². The molecule has 0 spiro atoms. The molecule has 4 aromatic rings. The van der Waals surface area contributed by atoms with Crippen molar-refractivity contribution in [2.24, 2.45) is 7.05 Å². The summed E-state index contributed by atoms with van der Waals surface area (Å²) in [6.45, 7) is 0. The van der Waals surface area contributed by atoms with Gasteiger partial charge in [-0.05, 0) is 34.5 Å². The minimum absolute atomic E-state index is 1.26. The second-order valence-corrected chi connectivity index (χ2v) is 5.21. The standard InChI is InChI=1S/C19H15N/c1-20-18(14-7-3-2-4-8-14)13-17-11-15-9-5-6-10-16(15)12-19(17)20/h2-13H,1H3. The van der Waals surface area contributed by atoms with Gasteiger partial charge in [-0.2, -0.15) is 0 Å². The van der Waals surface area contributed by atoms with Crippen LogP contribution in [0, 0.1) is 0 Å². The molecule has 1 heteroatoms. The van der Waals surface area contributed by atoms with Crippen molar-refractivity contribution in [1.29, 1.82) is 0 Å². The summed E-state index contributed by atoms with van der Waals surface area (Å²) in [4.78, 5) is 0. The van der Waals surface area contributed by atoms with Crippen molar-refractivity contribution in [2.45, 2.75) is 0 Å². The van der Waals surface area contributed by atoms with Crippen LogP contribution >= 0.6 is 0 Å². The van der Waals surface area contributed by atoms with Crippen LogP contribution < -0.4 is 0 Å². The summed E-state index contributed by atoms with van der Waals surface area (Å²) in [6.07, 6.45) is 0. The summed E-state index contributed by atoms with van der Waals surface area (Å²) in [5.74, 6) is 0. The van der Waals surface area contributed by atoms with E-state index in [0.717, 1.165) is 0 Å². The molecule has 96 valence electrons. The van der Waals surface area contributed by atoms with Crippen LogP contribution in [0.25, 0.3) is 32.9 Å². The van der Waals surface area contributed by atoms with Crippen molar-refractivity contribution in [3.8, 4) is 11.3 Å². The Morgan fingerprint density at radius 1 is 0.650 bits per heavy atom. The third-order valence-electron chi connectivity index (χ3n) is 3.98. The van der Waals surface area contributed by atoms with Gasteiger partial charge in [0, 0.05) is 23.6 Å². The smallest absolute Gasteiger partial charge is 0.0489 e. The fraction of sp³-hybridized carbons (Fsp3) is 0.0526. The Morgan fingerprint density at radius 3 is 2.05 bits per heavy atom. The van der Waals surface area contributed by atoms with Crippen LogP contribution in [0.15, 0.2) is 72.8 Å². The number of benzene rings is 3. The molecule has 0 aliphatic heterocycles. The van der Waals surface area contributed by atoms with Gasteiger partial charge in [0.1, 0.15) is 0 Å². The molecule has 0 atom stereocenters. The summed E-state index contributed by atoms with van der Waals surface area (Å²) >= 11 is 0. The SMILES string of the molecule is Cn1c(-c2ccccc2)cc2cc3ccccc3cc21. The van der Waals surface area contributed by atoms with Crippen LogP contribution in [0.4, 0.5) is 0 Å². The van der Waals surface area contributed by atoms with Gasteiger partial charge < -0.3 is 4.57 Å². The molecule has 0 saturated heterocycles. The van der Waals surface area contributed by atoms with Crippen LogP contribution in [0.1, 0.15) is 0 Å². The lowest BCUT2D eigenvalue weighted by atomic mass is 10.1. The Kier molecular flexibility index (Phi) is 2.40. The van der Waals surface area contributed by atoms with E-state index in [1.54, 1.807) is 0 Å². The molecule has 0 aliphatic carbocycles. The van der Waals surface area contributed by atoms with Gasteiger partial charge in [0.15, 0.2) is 0 Å². The summed E-state index contributed by atoms with van der Waals surface area (Å²) in [7, 11) is 2.14. The zero-order chi connectivity index (χ0) is 13.5. The van der Waals surface area contributed by atoms with E-state index < -0.39 is 0 Å². The van der Waals surface area contributed by atoms with E-state index in [-0.39, 0.29) is 0 Å². The molecule has 1 heterocycles. The summed E-state index contributed by atoms with van der Waals surface area (Å²) < 4.78 is 2.27. The molecule has 0 saturated carbocycles. The Bertz CT molecular complexity index is 901. The first kappa shape index (κ1) is 11.3. The molecular weight excluding hydrogens is 242 g/mol. The number of nitrogens with zero attached hydrogens (tertiary/aromatic N) is 1. The molecule has 0 bridgehead atoms. The number of rotatable bonds is 1. The van der Waals surface area contributed by atoms with Gasteiger partial charge in [-0.1, -0.05) is 54.6 Å². The quantitative estimate of drug-likeness (QED) is 0.452. The highest BCUT2D eigenvalue weighted by molar-refractivity contribution is 5.99. The van der Waals surface area contributed by atoms with Crippen LogP contribution in [0.5, 0.6) is 0 Å². The first-order valence-electron chi connectivity index (χ1n) is 6.86. The maximum absolute atomic E-state index is 2.27. The molecule has 1 aromatic heterocycles. The monoisotopic (exact) mass is 257 g/mol. The molecule has 20 heavy (non-hydrogen) atoms. The molecule has 3 aromatic carbocycles. The molecule has 0 aliphatic rings. The van der Waals surface area contributed by atoms with Crippen LogP contribution in [-0.2, 0) is 7.05 Å². The van der Waals surface area contributed by atoms with Gasteiger partial charge in [0.2, 0.25) is 0 Å². The van der Waals surface area contributed by atoms with E-state index >= 15 is 0 Å². The van der Waals surface area contributed by atoms with Crippen molar-refractivity contribution in [1.82, 2.24) is 4.57 Å². The normalized spacial score (nSPS) is 11.2. The van der Waals surface area contributed by atoms with Crippen molar-refractivity contribution in [3.05, 3.63) is 72.8 Å². The molecule has 0 amide bonds. The Labute approximate surface area is 118 Å². The largest absolute Gasteiger partial charge is 0.344 e. The van der Waals surface area contributed by atoms with E-state index in [1.165, 1.54) is 32.9 Å². The van der Waals surface area contributed by atoms with E-state index in [2.05, 4.69) is 84.4 Å². The number of aryl methyl sites for hydroxylation is 1. The predicted octanol–water partition coefficient (Wildman–Crippen LogP) is 5.00. The van der Waals surface area contributed by atoms with Gasteiger partial charge >= 0.3 is 0 Å². The highest BCUT2D eigenvalue weighted by Gasteiger charge is 2.08. The molecular formula is C19H15N. The Morgan fingerprint density at radius 2 is 1.30 bits per heavy atom. The second-order valence-electron chi connectivity index (χ2n) is 5.21. The van der Waals surface area contributed by atoms with Gasteiger partial charge in [-0.3, -0.25) is 0 Å². The zero-order valence-corrected chi connectivity index (χ0v) is 11.4. The lowest BCUT2D eigenvalue weighted by Gasteiger charge is -2.04. The zero-order valence-electron chi connectivity index (χ0n) is 11.4. The molecule has 1 nitrogen and oxygen atoms in total. The van der Waals surface area contributed by atoms with Gasteiger partial charge in [-0.25, -0.2) is 0 Å². The van der Waals surface area contributed by atoms with E-state index in [4.69, 9.17) is 0 Å². The fourth-order valence-corrected chi connectivity index (χ4v) is 2.91. The highest BCUT2D eigenvalue weighted by atomic mass is 14.9. The van der Waals surface area contributed by atoms with Crippen molar-refractivity contribution < 1.29 is 0 Å². The Hall–Kier alpha value is -2.54.